The lowest BCUT2D eigenvalue weighted by Crippen LogP contribution is -2.32. The number of alkyl halides is 4. The quantitative estimate of drug-likeness (QED) is 0.227. The van der Waals surface area contributed by atoms with Crippen molar-refractivity contribution < 1.29 is 44.8 Å². The molecule has 0 spiro atoms. The van der Waals surface area contributed by atoms with Crippen molar-refractivity contribution in [2.75, 3.05) is 6.54 Å². The van der Waals surface area contributed by atoms with Crippen LogP contribution in [0.4, 0.5) is 22.0 Å². The normalized spacial score (nSPS) is 18.3. The number of benzene rings is 1. The topological polar surface area (TPSA) is 139 Å². The first-order valence-electron chi connectivity index (χ1n) is 13.7. The molecule has 17 heteroatoms. The standard InChI is InChI=1S/C27H32F5N5O5S2/c1-6-13(2)36-44(40,41)17-8-7-15(19(20(17)28)22(29)30)21-16(11-37-12-27(31,32)9-14(37)3)33-24(43-21)23-34-18(42-35-23)10-26(4,5)25(38)39/h7-8,13-14,22,36H,6,9-12H2,1-5H3,(H,38,39)/t13-,14+/m1/s1. The lowest BCUT2D eigenvalue weighted by Gasteiger charge is -2.20. The van der Waals surface area contributed by atoms with Gasteiger partial charge in [0.25, 0.3) is 12.3 Å². The lowest BCUT2D eigenvalue weighted by atomic mass is 9.90. The summed E-state index contributed by atoms with van der Waals surface area (Å²) in [4.78, 5) is 20.6. The Morgan fingerprint density at radius 1 is 1.30 bits per heavy atom. The number of thiazole rings is 1. The SMILES string of the molecule is CC[C@@H](C)NS(=O)(=O)c1ccc(-c2sc(-c3noc(CC(C)(C)C(=O)O)n3)nc2CN2CC(F)(F)C[C@@H]2C)c(C(F)F)c1F. The maximum Gasteiger partial charge on any atom is 0.309 e. The van der Waals surface area contributed by atoms with E-state index in [4.69, 9.17) is 4.52 Å². The molecular formula is C27H32F5N5O5S2. The van der Waals surface area contributed by atoms with Crippen LogP contribution in [-0.2, 0) is 27.8 Å². The Balaban J connectivity index is 1.84. The fourth-order valence-corrected chi connectivity index (χ4v) is 7.17. The first-order chi connectivity index (χ1) is 20.3. The van der Waals surface area contributed by atoms with E-state index in [1.807, 2.05) is 0 Å². The Bertz CT molecular complexity index is 1640. The smallest absolute Gasteiger partial charge is 0.309 e. The molecule has 0 aliphatic carbocycles. The summed E-state index contributed by atoms with van der Waals surface area (Å²) < 4.78 is 106. The minimum Gasteiger partial charge on any atom is -0.481 e. The van der Waals surface area contributed by atoms with Gasteiger partial charge < -0.3 is 9.63 Å². The van der Waals surface area contributed by atoms with Crippen LogP contribution in [-0.4, -0.2) is 64.1 Å². The zero-order valence-corrected chi connectivity index (χ0v) is 26.1. The van der Waals surface area contributed by atoms with Crippen LogP contribution in [0.2, 0.25) is 0 Å². The number of aliphatic carboxylic acids is 1. The summed E-state index contributed by atoms with van der Waals surface area (Å²) >= 11 is 0.764. The van der Waals surface area contributed by atoms with Crippen LogP contribution in [0.5, 0.6) is 0 Å². The van der Waals surface area contributed by atoms with E-state index in [0.29, 0.717) is 6.42 Å². The lowest BCUT2D eigenvalue weighted by molar-refractivity contribution is -0.147. The van der Waals surface area contributed by atoms with Crippen LogP contribution in [0, 0.1) is 11.2 Å². The highest BCUT2D eigenvalue weighted by atomic mass is 32.2. The Kier molecular flexibility index (Phi) is 9.55. The molecule has 2 atom stereocenters. The highest BCUT2D eigenvalue weighted by molar-refractivity contribution is 7.89. The fourth-order valence-electron chi connectivity index (χ4n) is 4.72. The summed E-state index contributed by atoms with van der Waals surface area (Å²) in [5.41, 5.74) is -2.77. The second-order valence-electron chi connectivity index (χ2n) is 11.6. The van der Waals surface area contributed by atoms with E-state index in [2.05, 4.69) is 19.8 Å². The molecule has 0 radical (unpaired) electrons. The monoisotopic (exact) mass is 665 g/mol. The summed E-state index contributed by atoms with van der Waals surface area (Å²) in [6, 6.07) is 0.724. The number of hydrogen-bond acceptors (Lipinski definition) is 9. The Morgan fingerprint density at radius 3 is 2.55 bits per heavy atom. The molecule has 2 aromatic heterocycles. The van der Waals surface area contributed by atoms with Crippen molar-refractivity contribution >= 4 is 27.3 Å². The fraction of sp³-hybridized carbons (Fsp3) is 0.556. The Hall–Kier alpha value is -3.02. The Morgan fingerprint density at radius 2 is 1.98 bits per heavy atom. The minimum absolute atomic E-state index is 0.0207. The van der Waals surface area contributed by atoms with Crippen molar-refractivity contribution in [1.29, 1.82) is 0 Å². The van der Waals surface area contributed by atoms with Gasteiger partial charge in [0.05, 0.1) is 28.1 Å². The van der Waals surface area contributed by atoms with Gasteiger partial charge in [-0.1, -0.05) is 18.1 Å². The highest BCUT2D eigenvalue weighted by Crippen LogP contribution is 2.43. The van der Waals surface area contributed by atoms with E-state index in [0.717, 1.165) is 23.5 Å². The molecule has 0 amide bonds. The average Bonchev–Trinajstić information content (AvgIpc) is 3.59. The second kappa shape index (κ2) is 12.4. The molecule has 0 bridgehead atoms. The number of carboxylic acid groups (broad SMARTS) is 1. The van der Waals surface area contributed by atoms with E-state index in [-0.39, 0.29) is 45.8 Å². The van der Waals surface area contributed by atoms with Crippen molar-refractivity contribution in [3.8, 4) is 21.3 Å². The van der Waals surface area contributed by atoms with Gasteiger partial charge in [-0.3, -0.25) is 9.69 Å². The number of rotatable bonds is 12. The third-order valence-corrected chi connectivity index (χ3v) is 10.1. The number of nitrogens with zero attached hydrogens (tertiary/aromatic N) is 4. The molecule has 10 nitrogen and oxygen atoms in total. The van der Waals surface area contributed by atoms with Crippen molar-refractivity contribution in [2.45, 2.75) is 89.8 Å². The van der Waals surface area contributed by atoms with Crippen LogP contribution in [0.15, 0.2) is 21.6 Å². The third-order valence-electron chi connectivity index (χ3n) is 7.40. The van der Waals surface area contributed by atoms with E-state index in [1.54, 1.807) is 13.8 Å². The van der Waals surface area contributed by atoms with Gasteiger partial charge in [-0.2, -0.15) is 4.98 Å². The molecule has 3 heterocycles. The third kappa shape index (κ3) is 7.10. The number of sulfonamides is 1. The number of halogens is 5. The van der Waals surface area contributed by atoms with E-state index in [1.165, 1.54) is 25.7 Å². The molecule has 0 saturated carbocycles. The number of likely N-dealkylation sites (tertiary alicyclic amines) is 1. The van der Waals surface area contributed by atoms with Crippen LogP contribution in [0.3, 0.4) is 0 Å². The maximum absolute atomic E-state index is 15.7. The van der Waals surface area contributed by atoms with E-state index >= 15 is 4.39 Å². The van der Waals surface area contributed by atoms with E-state index in [9.17, 15) is 35.9 Å². The molecule has 1 aliphatic heterocycles. The first-order valence-corrected chi connectivity index (χ1v) is 16.0. The molecule has 2 N–H and O–H groups in total. The highest BCUT2D eigenvalue weighted by Gasteiger charge is 2.43. The van der Waals surface area contributed by atoms with Gasteiger partial charge in [-0.05, 0) is 40.2 Å². The summed E-state index contributed by atoms with van der Waals surface area (Å²) in [6.07, 6.45) is -3.65. The number of aromatic nitrogens is 3. The van der Waals surface area contributed by atoms with Gasteiger partial charge in [0, 0.05) is 37.0 Å². The predicted octanol–water partition coefficient (Wildman–Crippen LogP) is 5.90. The second-order valence-corrected chi connectivity index (χ2v) is 14.2. The van der Waals surface area contributed by atoms with Gasteiger partial charge >= 0.3 is 5.97 Å². The van der Waals surface area contributed by atoms with Crippen LogP contribution in [0.1, 0.15) is 71.0 Å². The van der Waals surface area contributed by atoms with Gasteiger partial charge in [0.15, 0.2) is 10.8 Å². The van der Waals surface area contributed by atoms with Gasteiger partial charge in [0.1, 0.15) is 4.90 Å². The number of nitrogens with one attached hydrogen (secondary N) is 1. The molecule has 1 saturated heterocycles. The number of hydrogen-bond donors (Lipinski definition) is 2. The van der Waals surface area contributed by atoms with Crippen LogP contribution < -0.4 is 4.72 Å². The number of carboxylic acids is 1. The molecular weight excluding hydrogens is 633 g/mol. The van der Waals surface area contributed by atoms with Crippen LogP contribution in [0.25, 0.3) is 21.3 Å². The zero-order chi connectivity index (χ0) is 32.8. The van der Waals surface area contributed by atoms with Gasteiger partial charge in [-0.25, -0.2) is 40.1 Å². The molecule has 4 rings (SSSR count). The Labute approximate surface area is 254 Å². The molecule has 1 aromatic carbocycles. The molecule has 1 fully saturated rings. The molecule has 1 aliphatic rings. The van der Waals surface area contributed by atoms with Crippen molar-refractivity contribution in [2.24, 2.45) is 5.41 Å². The summed E-state index contributed by atoms with van der Waals surface area (Å²) in [5.74, 6) is -5.90. The van der Waals surface area contributed by atoms with Gasteiger partial charge in [-0.15, -0.1) is 11.3 Å². The summed E-state index contributed by atoms with van der Waals surface area (Å²) in [6.45, 7) is 6.88. The molecule has 242 valence electrons. The summed E-state index contributed by atoms with van der Waals surface area (Å²) in [7, 11) is -4.50. The number of carbonyl (C=O) groups is 1. The molecule has 3 aromatic rings. The molecule has 0 unspecified atom stereocenters. The van der Waals surface area contributed by atoms with Crippen molar-refractivity contribution in [3.05, 3.63) is 35.1 Å². The predicted molar refractivity (Wildman–Crippen MR) is 150 cm³/mol. The summed E-state index contributed by atoms with van der Waals surface area (Å²) in [5, 5.41) is 13.3. The largest absolute Gasteiger partial charge is 0.481 e. The minimum atomic E-state index is -4.50. The average molecular weight is 666 g/mol. The van der Waals surface area contributed by atoms with E-state index < -0.39 is 75.1 Å². The zero-order valence-electron chi connectivity index (χ0n) is 24.5. The maximum atomic E-state index is 15.7. The molecule has 44 heavy (non-hydrogen) atoms. The van der Waals surface area contributed by atoms with Crippen molar-refractivity contribution in [1.82, 2.24) is 24.7 Å². The van der Waals surface area contributed by atoms with Crippen molar-refractivity contribution in [3.63, 3.8) is 0 Å². The first kappa shape index (κ1) is 33.9. The van der Waals surface area contributed by atoms with Crippen LogP contribution >= 0.6 is 11.3 Å². The van der Waals surface area contributed by atoms with Gasteiger partial charge in [0.2, 0.25) is 21.7 Å².